The van der Waals surface area contributed by atoms with Crippen molar-refractivity contribution in [3.8, 4) is 0 Å². The lowest BCUT2D eigenvalue weighted by Crippen LogP contribution is -2.78. The van der Waals surface area contributed by atoms with Crippen molar-refractivity contribution in [3.05, 3.63) is 11.6 Å². The summed E-state index contributed by atoms with van der Waals surface area (Å²) >= 11 is 0. The minimum atomic E-state index is -2.26. The highest BCUT2D eigenvalue weighted by Crippen LogP contribution is 2.74. The van der Waals surface area contributed by atoms with Crippen LogP contribution in [0.4, 0.5) is 4.79 Å². The quantitative estimate of drug-likeness (QED) is 0.0885. The summed E-state index contributed by atoms with van der Waals surface area (Å²) in [6, 6.07) is 0. The van der Waals surface area contributed by atoms with Gasteiger partial charge in [-0.1, -0.05) is 99.0 Å². The third kappa shape index (κ3) is 8.01. The van der Waals surface area contributed by atoms with Gasteiger partial charge in [-0.15, -0.1) is 0 Å². The summed E-state index contributed by atoms with van der Waals surface area (Å²) in [4.78, 5) is 55.2. The maximum atomic E-state index is 14.0. The number of esters is 2. The van der Waals surface area contributed by atoms with Crippen molar-refractivity contribution in [1.82, 2.24) is 0 Å². The Morgan fingerprint density at radius 1 is 0.983 bits per heavy atom. The molecule has 334 valence electrons. The molecule has 3 aliphatic carbocycles. The van der Waals surface area contributed by atoms with E-state index in [1.54, 1.807) is 48.5 Å². The van der Waals surface area contributed by atoms with Gasteiger partial charge in [-0.3, -0.25) is 9.59 Å². The molecular weight excluding hydrogens is 764 g/mol. The topological polar surface area (TPSA) is 194 Å². The molecule has 3 N–H and O–H groups in total. The van der Waals surface area contributed by atoms with Crippen molar-refractivity contribution in [1.29, 1.82) is 0 Å². The molecule has 2 bridgehead atoms. The van der Waals surface area contributed by atoms with Crippen molar-refractivity contribution in [3.63, 3.8) is 0 Å². The first-order valence-corrected chi connectivity index (χ1v) is 22.2. The van der Waals surface area contributed by atoms with Gasteiger partial charge in [-0.05, 0) is 56.4 Å². The average Bonchev–Trinajstić information content (AvgIpc) is 3.69. The molecule has 14 heteroatoms. The lowest BCUT2D eigenvalue weighted by Gasteiger charge is -2.68. The molecule has 2 saturated carbocycles. The van der Waals surface area contributed by atoms with Crippen molar-refractivity contribution >= 4 is 23.9 Å². The molecule has 0 aromatic rings. The van der Waals surface area contributed by atoms with Gasteiger partial charge in [0.1, 0.15) is 24.9 Å². The van der Waals surface area contributed by atoms with E-state index in [9.17, 15) is 34.5 Å². The molecule has 0 radical (unpaired) electrons. The Bertz CT molecular complexity index is 1600. The van der Waals surface area contributed by atoms with E-state index in [0.29, 0.717) is 12.0 Å². The third-order valence-electron chi connectivity index (χ3n) is 15.4. The van der Waals surface area contributed by atoms with Gasteiger partial charge in [0.2, 0.25) is 6.10 Å². The number of allylic oxidation sites excluding steroid dienone is 1. The van der Waals surface area contributed by atoms with Gasteiger partial charge in [-0.2, -0.15) is 0 Å². The highest BCUT2D eigenvalue weighted by Gasteiger charge is 2.84. The summed E-state index contributed by atoms with van der Waals surface area (Å²) in [6.45, 7) is 16.3. The molecule has 5 fully saturated rings. The monoisotopic (exact) mass is 834 g/mol. The number of unbranched alkanes of at least 4 members (excludes halogenated alkanes) is 7. The molecule has 3 aliphatic heterocycles. The minimum absolute atomic E-state index is 0.172. The van der Waals surface area contributed by atoms with Crippen LogP contribution < -0.4 is 0 Å². The number of aliphatic hydroxyl groups is 3. The van der Waals surface area contributed by atoms with Gasteiger partial charge >= 0.3 is 18.1 Å². The summed E-state index contributed by atoms with van der Waals surface area (Å²) in [5.74, 6) is -9.32. The van der Waals surface area contributed by atoms with Crippen LogP contribution in [-0.2, 0) is 47.5 Å². The number of aliphatic hydroxyl groups excluding tert-OH is 1. The van der Waals surface area contributed by atoms with Crippen LogP contribution in [-0.4, -0.2) is 107 Å². The Morgan fingerprint density at radius 2 is 1.63 bits per heavy atom. The number of hydrogen-bond acceptors (Lipinski definition) is 14. The Hall–Kier alpha value is -2.62. The molecule has 14 nitrogen and oxygen atoms in total. The molecule has 1 spiro atoms. The van der Waals surface area contributed by atoms with Crippen molar-refractivity contribution in [2.24, 2.45) is 46.3 Å². The van der Waals surface area contributed by atoms with Crippen LogP contribution in [0.5, 0.6) is 0 Å². The fraction of sp³-hybridized carbons (Fsp3) is 0.867. The number of hydrogen-bond donors (Lipinski definition) is 3. The summed E-state index contributed by atoms with van der Waals surface area (Å²) < 4.78 is 42.0. The van der Waals surface area contributed by atoms with Crippen LogP contribution >= 0.6 is 0 Å². The molecule has 6 aliphatic rings. The molecule has 0 amide bonds. The zero-order valence-electron chi connectivity index (χ0n) is 36.7. The van der Waals surface area contributed by atoms with Gasteiger partial charge in [0.15, 0.2) is 23.5 Å². The van der Waals surface area contributed by atoms with E-state index in [1.807, 2.05) is 6.92 Å². The van der Waals surface area contributed by atoms with E-state index >= 15 is 0 Å². The highest BCUT2D eigenvalue weighted by molar-refractivity contribution is 5.97. The van der Waals surface area contributed by atoms with E-state index in [0.717, 1.165) is 12.8 Å². The normalized spacial score (nSPS) is 40.0. The van der Waals surface area contributed by atoms with Gasteiger partial charge < -0.3 is 48.5 Å². The molecule has 0 aromatic carbocycles. The Kier molecular flexibility index (Phi) is 13.4. The van der Waals surface area contributed by atoms with Crippen LogP contribution in [0.3, 0.4) is 0 Å². The van der Waals surface area contributed by atoms with Gasteiger partial charge in [0.25, 0.3) is 0 Å². The molecule has 3 heterocycles. The summed E-state index contributed by atoms with van der Waals surface area (Å²) in [7, 11) is 0. The van der Waals surface area contributed by atoms with Gasteiger partial charge in [0.05, 0.1) is 25.2 Å². The van der Waals surface area contributed by atoms with Crippen LogP contribution in [0, 0.1) is 46.3 Å². The Morgan fingerprint density at radius 3 is 2.27 bits per heavy atom. The van der Waals surface area contributed by atoms with Crippen molar-refractivity contribution in [2.45, 2.75) is 181 Å². The van der Waals surface area contributed by atoms with Crippen LogP contribution in [0.25, 0.3) is 0 Å². The number of ketones is 1. The molecule has 6 rings (SSSR count). The largest absolute Gasteiger partial charge is 0.509 e. The van der Waals surface area contributed by atoms with Crippen LogP contribution in [0.2, 0.25) is 0 Å². The first-order chi connectivity index (χ1) is 27.7. The second kappa shape index (κ2) is 17.3. The Labute approximate surface area is 349 Å². The molecular formula is C45H70O14. The molecule has 3 saturated heterocycles. The van der Waals surface area contributed by atoms with E-state index in [1.165, 1.54) is 44.6 Å². The number of fused-ring (bicyclic) bond motifs is 1. The van der Waals surface area contributed by atoms with E-state index < -0.39 is 106 Å². The van der Waals surface area contributed by atoms with Gasteiger partial charge in [0, 0.05) is 29.1 Å². The Balaban J connectivity index is 1.19. The lowest BCUT2D eigenvalue weighted by molar-refractivity contribution is -0.340. The SMILES string of the molecule is CCCCCCCCCCC1(C)OCC(COC(=O)O[C@@H]2C(=O)C=C(C)[C@@H]3C[C@H]4OC(=O)[C@H](OC(=O)CC(O)(C(C)C)C(C)C)[C@H]5[C@H](C)[C@@H](O)[C@]6(O)OC[C@@]54[C@H]6[C@@]23C)O1. The zero-order valence-corrected chi connectivity index (χ0v) is 36.7. The summed E-state index contributed by atoms with van der Waals surface area (Å²) in [5.41, 5.74) is -3.48. The van der Waals surface area contributed by atoms with E-state index in [4.69, 9.17) is 33.2 Å². The second-order valence-corrected chi connectivity index (χ2v) is 19.6. The predicted molar refractivity (Wildman–Crippen MR) is 212 cm³/mol. The second-order valence-electron chi connectivity index (χ2n) is 19.6. The first-order valence-electron chi connectivity index (χ1n) is 22.2. The number of carbonyl (C=O) groups is 4. The number of rotatable bonds is 17. The molecule has 2 unspecified atom stereocenters. The standard InChI is InChI=1S/C45H70O14/c1-10-11-12-13-14-15-16-17-18-41(8)54-23-29(59-41)22-53-40(50)58-37-31(46)19-27(6)30-20-32-43-24-55-45(52,39(43)42(30,37)9)36(48)28(7)34(43)35(38(49)56-32)57-33(47)21-44(51,25(2)3)26(4)5/h19,25-26,28-30,32,34-37,39,48,51-52H,10-18,20-24H2,1-9H3/t28-,29?,30-,32+,34+,35+,36+,37+,39+,41?,42+,43-,45-/m0/s1. The minimum Gasteiger partial charge on any atom is -0.459 e. The maximum absolute atomic E-state index is 14.0. The summed E-state index contributed by atoms with van der Waals surface area (Å²) in [6.07, 6.45) is 4.24. The van der Waals surface area contributed by atoms with E-state index in [-0.39, 0.29) is 44.5 Å². The van der Waals surface area contributed by atoms with E-state index in [2.05, 4.69) is 6.92 Å². The lowest BCUT2D eigenvalue weighted by atomic mass is 9.38. The molecule has 13 atom stereocenters. The third-order valence-corrected chi connectivity index (χ3v) is 15.4. The molecule has 0 aromatic heterocycles. The fourth-order valence-electron chi connectivity index (χ4n) is 12.2. The van der Waals surface area contributed by atoms with Crippen molar-refractivity contribution in [2.75, 3.05) is 19.8 Å². The van der Waals surface area contributed by atoms with Gasteiger partial charge in [-0.25, -0.2) is 9.59 Å². The van der Waals surface area contributed by atoms with Crippen molar-refractivity contribution < 1.29 is 67.7 Å². The number of ether oxygens (including phenoxy) is 7. The smallest absolute Gasteiger partial charge is 0.459 e. The predicted octanol–water partition coefficient (Wildman–Crippen LogP) is 5.94. The first kappa shape index (κ1) is 45.9. The maximum Gasteiger partial charge on any atom is 0.509 e. The fourth-order valence-corrected chi connectivity index (χ4v) is 12.2. The number of carbonyl (C=O) groups excluding carboxylic acids is 4. The summed E-state index contributed by atoms with van der Waals surface area (Å²) in [5, 5.41) is 35.9. The van der Waals surface area contributed by atoms with Crippen LogP contribution in [0.15, 0.2) is 11.6 Å². The van der Waals surface area contributed by atoms with Crippen LogP contribution in [0.1, 0.15) is 133 Å². The molecule has 59 heavy (non-hydrogen) atoms. The average molecular weight is 835 g/mol. The highest BCUT2D eigenvalue weighted by atomic mass is 16.8. The zero-order chi connectivity index (χ0) is 43.3.